The van der Waals surface area contributed by atoms with Gasteiger partial charge in [0.15, 0.2) is 10.5 Å². The molecule has 0 aliphatic rings. The fraction of sp³-hybridized carbons (Fsp3) is 0.300. The molecule has 7 nitrogen and oxygen atoms in total. The lowest BCUT2D eigenvalue weighted by Crippen LogP contribution is -2.44. The Morgan fingerprint density at radius 2 is 2.17 bits per heavy atom. The van der Waals surface area contributed by atoms with Crippen LogP contribution in [0, 0.1) is 10.4 Å². The van der Waals surface area contributed by atoms with Crippen molar-refractivity contribution in [2.24, 2.45) is 0 Å². The summed E-state index contributed by atoms with van der Waals surface area (Å²) in [4.78, 5) is 0.312. The first-order valence-electron chi connectivity index (χ1n) is 5.23. The Labute approximate surface area is 108 Å². The van der Waals surface area contributed by atoms with Crippen molar-refractivity contribution in [3.8, 4) is 5.75 Å². The van der Waals surface area contributed by atoms with Crippen molar-refractivity contribution < 1.29 is 14.3 Å². The van der Waals surface area contributed by atoms with E-state index >= 15 is 0 Å². The lowest BCUT2D eigenvalue weighted by atomic mass is 10.3. The monoisotopic (exact) mass is 270 g/mol. The number of hydrogen-bond acceptors (Lipinski definition) is 5. The second-order valence-electron chi connectivity index (χ2n) is 3.47. The van der Waals surface area contributed by atoms with E-state index in [1.807, 2.05) is 0 Å². The zero-order chi connectivity index (χ0) is 13.3. The van der Waals surface area contributed by atoms with Crippen LogP contribution < -0.4 is 19.6 Å². The quantitative estimate of drug-likeness (QED) is 0.652. The van der Waals surface area contributed by atoms with Crippen molar-refractivity contribution in [2.75, 3.05) is 19.0 Å². The number of aromatic nitrogens is 3. The molecule has 0 radical (unpaired) electrons. The number of methoxy groups -OCH3 is 1. The maximum absolute atomic E-state index is 12.0. The van der Waals surface area contributed by atoms with Gasteiger partial charge in [-0.3, -0.25) is 5.32 Å². The Hall–Kier alpha value is -2.02. The smallest absolute Gasteiger partial charge is 0.460 e. The second kappa shape index (κ2) is 4.69. The van der Waals surface area contributed by atoms with Gasteiger partial charge in [-0.25, -0.2) is 4.73 Å². The van der Waals surface area contributed by atoms with Crippen LogP contribution in [0.5, 0.6) is 5.75 Å². The molecular weight excluding hydrogens is 260 g/mol. The van der Waals surface area contributed by atoms with E-state index in [0.29, 0.717) is 21.9 Å². The number of benzene rings is 1. The lowest BCUT2D eigenvalue weighted by molar-refractivity contribution is -0.672. The van der Waals surface area contributed by atoms with Gasteiger partial charge in [0.05, 0.1) is 13.7 Å². The average molecular weight is 271 g/mol. The van der Waals surface area contributed by atoms with E-state index in [2.05, 4.69) is 10.4 Å². The Morgan fingerprint density at radius 3 is 2.78 bits per heavy atom. The largest absolute Gasteiger partial charge is 0.739 e. The minimum absolute atomic E-state index is 0.0207. The molecule has 2 aromatic rings. The molecule has 96 valence electrons. The van der Waals surface area contributed by atoms with Crippen molar-refractivity contribution >= 4 is 28.6 Å². The van der Waals surface area contributed by atoms with Crippen LogP contribution in [0.2, 0.25) is 5.02 Å². The van der Waals surface area contributed by atoms with E-state index in [4.69, 9.17) is 16.3 Å². The molecule has 8 heteroatoms. The third-order valence-electron chi connectivity index (χ3n) is 2.40. The predicted molar refractivity (Wildman–Crippen MR) is 65.4 cm³/mol. The highest BCUT2D eigenvalue weighted by atomic mass is 35.5. The van der Waals surface area contributed by atoms with Crippen molar-refractivity contribution in [3.63, 3.8) is 0 Å². The molecule has 1 aromatic heterocycles. The van der Waals surface area contributed by atoms with Gasteiger partial charge >= 0.3 is 11.5 Å². The molecule has 0 aliphatic heterocycles. The number of anilines is 1. The molecule has 0 aliphatic carbocycles. The number of fused-ring (bicyclic) bond motifs is 1. The number of nitrogens with zero attached hydrogens (tertiary/aromatic N) is 3. The van der Waals surface area contributed by atoms with Crippen LogP contribution in [-0.2, 0) is 0 Å². The molecule has 1 aromatic carbocycles. The summed E-state index contributed by atoms with van der Waals surface area (Å²) in [5.41, 5.74) is 0.106. The summed E-state index contributed by atoms with van der Waals surface area (Å²) < 4.78 is 5.51. The van der Waals surface area contributed by atoms with Crippen molar-refractivity contribution in [2.45, 2.75) is 6.92 Å². The molecule has 0 saturated heterocycles. The number of nitrogens with one attached hydrogen (secondary N) is 1. The van der Waals surface area contributed by atoms with Gasteiger partial charge in [-0.05, 0) is 19.1 Å². The summed E-state index contributed by atoms with van der Waals surface area (Å²) in [5, 5.41) is 30.1. The van der Waals surface area contributed by atoms with E-state index in [1.165, 1.54) is 19.2 Å². The third-order valence-corrected chi connectivity index (χ3v) is 2.77. The minimum atomic E-state index is -0.0683. The summed E-state index contributed by atoms with van der Waals surface area (Å²) in [5.74, 6) is 0.244. The second-order valence-corrected chi connectivity index (χ2v) is 3.85. The fourth-order valence-corrected chi connectivity index (χ4v) is 1.90. The van der Waals surface area contributed by atoms with Crippen LogP contribution in [0.3, 0.4) is 0 Å². The minimum Gasteiger partial charge on any atom is -0.739 e. The highest BCUT2D eigenvalue weighted by molar-refractivity contribution is 6.35. The highest BCUT2D eigenvalue weighted by Crippen LogP contribution is 2.29. The summed E-state index contributed by atoms with van der Waals surface area (Å²) >= 11 is 5.99. The van der Waals surface area contributed by atoms with E-state index in [1.54, 1.807) is 6.92 Å². The predicted octanol–water partition coefficient (Wildman–Crippen LogP) is 0.595. The van der Waals surface area contributed by atoms with Gasteiger partial charge in [0.1, 0.15) is 5.75 Å². The normalized spacial score (nSPS) is 10.6. The summed E-state index contributed by atoms with van der Waals surface area (Å²) in [7, 11) is 1.42. The number of rotatable bonds is 3. The fourth-order valence-electron chi connectivity index (χ4n) is 1.60. The molecule has 1 N–H and O–H groups in total. The molecule has 0 amide bonds. The molecule has 0 bridgehead atoms. The van der Waals surface area contributed by atoms with Gasteiger partial charge in [-0.2, -0.15) is 0 Å². The molecule has 1 heterocycles. The Bertz CT molecular complexity index is 605. The SMILES string of the molecule is CCNc1n[n+]([O-])c2c(Cl)c(OC)ccc2[n+]1[O-]. The molecule has 2 rings (SSSR count). The Morgan fingerprint density at radius 1 is 1.44 bits per heavy atom. The van der Waals surface area contributed by atoms with E-state index in [-0.39, 0.29) is 22.0 Å². The van der Waals surface area contributed by atoms with Crippen LogP contribution in [-0.4, -0.2) is 18.8 Å². The van der Waals surface area contributed by atoms with Crippen LogP contribution in [0.15, 0.2) is 12.1 Å². The van der Waals surface area contributed by atoms with Crippen molar-refractivity contribution in [3.05, 3.63) is 27.6 Å². The highest BCUT2D eigenvalue weighted by Gasteiger charge is 2.24. The van der Waals surface area contributed by atoms with E-state index < -0.39 is 0 Å². The first-order chi connectivity index (χ1) is 8.60. The first-order valence-corrected chi connectivity index (χ1v) is 5.61. The van der Waals surface area contributed by atoms with Gasteiger partial charge in [-0.15, -0.1) is 0 Å². The Kier molecular flexibility index (Phi) is 3.24. The molecule has 0 fully saturated rings. The number of hydrogen-bond donors (Lipinski definition) is 1. The van der Waals surface area contributed by atoms with Crippen LogP contribution >= 0.6 is 11.6 Å². The molecule has 0 saturated carbocycles. The standard InChI is InChI=1S/C10H11ClN4O3/c1-3-12-10-13-15(17)9-6(14(10)16)4-5-7(18-2)8(9)11/h4-5H,3H2,1-2H3,(H,12,13). The lowest BCUT2D eigenvalue weighted by Gasteiger charge is -2.11. The van der Waals surface area contributed by atoms with Gasteiger partial charge in [0, 0.05) is 4.85 Å². The average Bonchev–Trinajstić information content (AvgIpc) is 2.35. The van der Waals surface area contributed by atoms with Gasteiger partial charge < -0.3 is 15.2 Å². The topological polar surface area (TPSA) is 88.0 Å². The van der Waals surface area contributed by atoms with Gasteiger partial charge in [0.2, 0.25) is 5.10 Å². The summed E-state index contributed by atoms with van der Waals surface area (Å²) in [6, 6.07) is 2.98. The summed E-state index contributed by atoms with van der Waals surface area (Å²) in [6.07, 6.45) is 0. The van der Waals surface area contributed by atoms with Crippen LogP contribution in [0.1, 0.15) is 6.92 Å². The van der Waals surface area contributed by atoms with Crippen molar-refractivity contribution in [1.29, 1.82) is 0 Å². The zero-order valence-electron chi connectivity index (χ0n) is 9.81. The van der Waals surface area contributed by atoms with Crippen LogP contribution in [0.4, 0.5) is 5.95 Å². The third kappa shape index (κ3) is 1.82. The maximum atomic E-state index is 12.0. The molecular formula is C10H11ClN4O3. The van der Waals surface area contributed by atoms with Crippen molar-refractivity contribution in [1.82, 2.24) is 5.10 Å². The molecule has 0 atom stereocenters. The van der Waals surface area contributed by atoms with Gasteiger partial charge in [-0.1, -0.05) is 11.6 Å². The van der Waals surface area contributed by atoms with E-state index in [0.717, 1.165) is 0 Å². The summed E-state index contributed by atoms with van der Waals surface area (Å²) in [6.45, 7) is 2.27. The zero-order valence-corrected chi connectivity index (χ0v) is 10.6. The Balaban J connectivity index is 2.79. The molecule has 18 heavy (non-hydrogen) atoms. The first kappa shape index (κ1) is 12.4. The van der Waals surface area contributed by atoms with Gasteiger partial charge in [0.25, 0.3) is 0 Å². The van der Waals surface area contributed by atoms with Crippen LogP contribution in [0.25, 0.3) is 11.0 Å². The maximum Gasteiger partial charge on any atom is 0.460 e. The molecule has 0 unspecified atom stereocenters. The van der Waals surface area contributed by atoms with E-state index in [9.17, 15) is 10.4 Å². The molecule has 0 spiro atoms. The number of halogens is 1. The number of ether oxygens (including phenoxy) is 1.